The second-order valence-corrected chi connectivity index (χ2v) is 6.63. The molecular formula is C18H16Cl2N2O2. The van der Waals surface area contributed by atoms with E-state index in [-0.39, 0.29) is 18.2 Å². The topological polar surface area (TPSA) is 49.4 Å². The minimum absolute atomic E-state index is 0.104. The number of hydrogen-bond acceptors (Lipinski definition) is 3. The Morgan fingerprint density at radius 2 is 1.83 bits per heavy atom. The maximum atomic E-state index is 12.7. The van der Waals surface area contributed by atoms with Gasteiger partial charge in [0, 0.05) is 5.69 Å². The Labute approximate surface area is 150 Å². The lowest BCUT2D eigenvalue weighted by atomic mass is 10.1. The van der Waals surface area contributed by atoms with Crippen LogP contribution < -0.4 is 10.2 Å². The fourth-order valence-corrected chi connectivity index (χ4v) is 3.03. The second kappa shape index (κ2) is 6.46. The van der Waals surface area contributed by atoms with Crippen LogP contribution >= 0.6 is 23.2 Å². The van der Waals surface area contributed by atoms with Crippen molar-refractivity contribution >= 4 is 46.4 Å². The zero-order valence-electron chi connectivity index (χ0n) is 13.3. The number of anilines is 2. The van der Waals surface area contributed by atoms with Gasteiger partial charge < -0.3 is 5.32 Å². The van der Waals surface area contributed by atoms with Crippen molar-refractivity contribution in [3.63, 3.8) is 0 Å². The normalized spacial score (nSPS) is 17.5. The molecule has 0 saturated carbocycles. The lowest BCUT2D eigenvalue weighted by Crippen LogP contribution is -2.35. The van der Waals surface area contributed by atoms with Gasteiger partial charge in [-0.05, 0) is 49.2 Å². The number of nitrogens with zero attached hydrogens (tertiary/aromatic N) is 1. The molecule has 4 nitrogen and oxygen atoms in total. The summed E-state index contributed by atoms with van der Waals surface area (Å²) in [6.45, 7) is 3.99. The van der Waals surface area contributed by atoms with E-state index in [1.165, 1.54) is 6.07 Å². The van der Waals surface area contributed by atoms with Crippen molar-refractivity contribution in [3.05, 3.63) is 57.6 Å². The molecule has 1 fully saturated rings. The molecule has 2 amide bonds. The number of halogens is 2. The van der Waals surface area contributed by atoms with Crippen molar-refractivity contribution < 1.29 is 9.59 Å². The van der Waals surface area contributed by atoms with E-state index < -0.39 is 6.04 Å². The van der Waals surface area contributed by atoms with Gasteiger partial charge in [0.05, 0.1) is 22.2 Å². The summed E-state index contributed by atoms with van der Waals surface area (Å²) in [5.41, 5.74) is 3.48. The zero-order chi connectivity index (χ0) is 17.4. The minimum Gasteiger partial charge on any atom is -0.373 e. The summed E-state index contributed by atoms with van der Waals surface area (Å²) in [6, 6.07) is 9.96. The molecule has 2 aromatic carbocycles. The summed E-state index contributed by atoms with van der Waals surface area (Å²) >= 11 is 11.9. The first kappa shape index (κ1) is 16.8. The second-order valence-electron chi connectivity index (χ2n) is 5.81. The molecule has 0 aliphatic carbocycles. The van der Waals surface area contributed by atoms with Crippen LogP contribution in [0.5, 0.6) is 0 Å². The summed E-state index contributed by atoms with van der Waals surface area (Å²) in [6.07, 6.45) is 0.104. The average Bonchev–Trinajstić information content (AvgIpc) is 2.81. The first-order chi connectivity index (χ1) is 11.4. The molecule has 1 heterocycles. The van der Waals surface area contributed by atoms with Gasteiger partial charge in [-0.3, -0.25) is 9.59 Å². The van der Waals surface area contributed by atoms with Crippen LogP contribution in [-0.2, 0) is 9.59 Å². The molecule has 0 spiro atoms. The molecule has 1 unspecified atom stereocenters. The van der Waals surface area contributed by atoms with Crippen LogP contribution in [0.1, 0.15) is 17.5 Å². The lowest BCUT2D eigenvalue weighted by Gasteiger charge is -2.18. The number of carbonyl (C=O) groups excluding carboxylic acids is 2. The van der Waals surface area contributed by atoms with E-state index in [0.29, 0.717) is 15.7 Å². The Hall–Kier alpha value is -2.04. The highest BCUT2D eigenvalue weighted by atomic mass is 35.5. The predicted molar refractivity (Wildman–Crippen MR) is 96.9 cm³/mol. The van der Waals surface area contributed by atoms with Gasteiger partial charge in [0.1, 0.15) is 6.04 Å². The van der Waals surface area contributed by atoms with E-state index >= 15 is 0 Å². The molecule has 6 heteroatoms. The number of aryl methyl sites for hydroxylation is 1. The molecule has 3 rings (SSSR count). The fraction of sp³-hybridized carbons (Fsp3) is 0.222. The Morgan fingerprint density at radius 1 is 1.08 bits per heavy atom. The predicted octanol–water partition coefficient (Wildman–Crippen LogP) is 4.35. The van der Waals surface area contributed by atoms with Gasteiger partial charge >= 0.3 is 0 Å². The van der Waals surface area contributed by atoms with Crippen molar-refractivity contribution in [2.45, 2.75) is 26.3 Å². The van der Waals surface area contributed by atoms with Gasteiger partial charge in [0.2, 0.25) is 5.91 Å². The first-order valence-electron chi connectivity index (χ1n) is 7.53. The van der Waals surface area contributed by atoms with Crippen molar-refractivity contribution in [1.29, 1.82) is 0 Å². The quantitative estimate of drug-likeness (QED) is 0.825. The van der Waals surface area contributed by atoms with Crippen LogP contribution in [0.25, 0.3) is 0 Å². The molecule has 1 aliphatic rings. The monoisotopic (exact) mass is 362 g/mol. The molecule has 2 aromatic rings. The third-order valence-electron chi connectivity index (χ3n) is 4.24. The van der Waals surface area contributed by atoms with Crippen LogP contribution in [-0.4, -0.2) is 17.9 Å². The molecule has 1 N–H and O–H groups in total. The smallest absolute Gasteiger partial charge is 0.256 e. The highest BCUT2D eigenvalue weighted by Crippen LogP contribution is 2.31. The third-order valence-corrected chi connectivity index (χ3v) is 4.98. The summed E-state index contributed by atoms with van der Waals surface area (Å²) in [7, 11) is 0. The highest BCUT2D eigenvalue weighted by molar-refractivity contribution is 6.42. The van der Waals surface area contributed by atoms with Crippen LogP contribution in [0.2, 0.25) is 10.0 Å². The van der Waals surface area contributed by atoms with Gasteiger partial charge in [-0.1, -0.05) is 35.3 Å². The third kappa shape index (κ3) is 2.99. The first-order valence-corrected chi connectivity index (χ1v) is 8.28. The van der Waals surface area contributed by atoms with Crippen LogP contribution in [0.3, 0.4) is 0 Å². The number of nitrogens with one attached hydrogen (secondary N) is 1. The summed E-state index contributed by atoms with van der Waals surface area (Å²) in [5.74, 6) is -0.555. The molecule has 1 atom stereocenters. The van der Waals surface area contributed by atoms with Crippen LogP contribution in [0, 0.1) is 13.8 Å². The summed E-state index contributed by atoms with van der Waals surface area (Å²) in [4.78, 5) is 26.2. The SMILES string of the molecule is Cc1cccc(NC2CC(=O)N(c3ccc(Cl)c(Cl)c3)C2=O)c1C. The number of amides is 2. The molecule has 124 valence electrons. The fourth-order valence-electron chi connectivity index (χ4n) is 2.74. The molecule has 0 bridgehead atoms. The van der Waals surface area contributed by atoms with Gasteiger partial charge in [-0.25, -0.2) is 4.90 Å². The Morgan fingerprint density at radius 3 is 2.54 bits per heavy atom. The van der Waals surface area contributed by atoms with E-state index in [0.717, 1.165) is 21.7 Å². The average molecular weight is 363 g/mol. The van der Waals surface area contributed by atoms with Crippen LogP contribution in [0.4, 0.5) is 11.4 Å². The molecule has 0 aromatic heterocycles. The molecule has 1 aliphatic heterocycles. The minimum atomic E-state index is -0.590. The number of rotatable bonds is 3. The van der Waals surface area contributed by atoms with E-state index in [1.807, 2.05) is 32.0 Å². The van der Waals surface area contributed by atoms with Crippen molar-refractivity contribution in [3.8, 4) is 0 Å². The summed E-state index contributed by atoms with van der Waals surface area (Å²) in [5, 5.41) is 3.87. The molecule has 0 radical (unpaired) electrons. The van der Waals surface area contributed by atoms with Gasteiger partial charge in [-0.15, -0.1) is 0 Å². The van der Waals surface area contributed by atoms with Crippen molar-refractivity contribution in [1.82, 2.24) is 0 Å². The Balaban J connectivity index is 1.86. The van der Waals surface area contributed by atoms with Gasteiger partial charge in [-0.2, -0.15) is 0 Å². The van der Waals surface area contributed by atoms with E-state index in [2.05, 4.69) is 5.32 Å². The lowest BCUT2D eigenvalue weighted by molar-refractivity contribution is -0.121. The maximum absolute atomic E-state index is 12.7. The van der Waals surface area contributed by atoms with E-state index in [1.54, 1.807) is 12.1 Å². The number of hydrogen-bond donors (Lipinski definition) is 1. The molecular weight excluding hydrogens is 347 g/mol. The van der Waals surface area contributed by atoms with Gasteiger partial charge in [0.25, 0.3) is 5.91 Å². The molecule has 24 heavy (non-hydrogen) atoms. The largest absolute Gasteiger partial charge is 0.373 e. The number of carbonyl (C=O) groups is 2. The van der Waals surface area contributed by atoms with Gasteiger partial charge in [0.15, 0.2) is 0 Å². The van der Waals surface area contributed by atoms with E-state index in [9.17, 15) is 9.59 Å². The Bertz CT molecular complexity index is 836. The number of imide groups is 1. The van der Waals surface area contributed by atoms with Crippen LogP contribution in [0.15, 0.2) is 36.4 Å². The number of benzene rings is 2. The Kier molecular flexibility index (Phi) is 4.52. The summed E-state index contributed by atoms with van der Waals surface area (Å²) < 4.78 is 0. The van der Waals surface area contributed by atoms with E-state index in [4.69, 9.17) is 23.2 Å². The molecule has 1 saturated heterocycles. The standard InChI is InChI=1S/C18H16Cl2N2O2/c1-10-4-3-5-15(11(10)2)21-16-9-17(23)22(18(16)24)12-6-7-13(19)14(20)8-12/h3-8,16,21H,9H2,1-2H3. The highest BCUT2D eigenvalue weighted by Gasteiger charge is 2.39. The van der Waals surface area contributed by atoms with Crippen molar-refractivity contribution in [2.75, 3.05) is 10.2 Å². The zero-order valence-corrected chi connectivity index (χ0v) is 14.8. The van der Waals surface area contributed by atoms with Crippen molar-refractivity contribution in [2.24, 2.45) is 0 Å². The maximum Gasteiger partial charge on any atom is 0.256 e.